The summed E-state index contributed by atoms with van der Waals surface area (Å²) < 4.78 is 63.5. The molecule has 8 rings (SSSR count). The predicted octanol–water partition coefficient (Wildman–Crippen LogP) is 5.16. The van der Waals surface area contributed by atoms with E-state index in [9.17, 15) is 27.9 Å². The van der Waals surface area contributed by atoms with E-state index < -0.39 is 45.4 Å². The summed E-state index contributed by atoms with van der Waals surface area (Å²) in [4.78, 5) is 58.8. The third-order valence-corrected chi connectivity index (χ3v) is 16.1. The number of morpholine rings is 1. The predicted molar refractivity (Wildman–Crippen MR) is 296 cm³/mol. The molecule has 0 radical (unpaired) electrons. The number of ether oxygens (including phenoxy) is 6. The van der Waals surface area contributed by atoms with Gasteiger partial charge < -0.3 is 49.1 Å². The number of nitrogens with one attached hydrogen (secondary N) is 4. The topological polar surface area (TPSA) is 271 Å². The number of amides is 3. The molecule has 4 unspecified atom stereocenters. The molecule has 5 N–H and O–H groups in total. The number of aryl methyl sites for hydroxylation is 2. The molecule has 3 amide bonds. The number of β-amino-alcohol motifs (C(OH)–C–C–N with tert-alkyl or cyclic N) is 1. The highest BCUT2D eigenvalue weighted by atomic mass is 35.5. The Kier molecular flexibility index (Phi) is 19.9. The summed E-state index contributed by atoms with van der Waals surface area (Å²) in [5.74, 6) is -0.323. The third-order valence-electron chi connectivity index (χ3n) is 13.3. The van der Waals surface area contributed by atoms with Gasteiger partial charge in [-0.1, -0.05) is 56.6 Å². The van der Waals surface area contributed by atoms with Crippen LogP contribution in [0, 0.1) is 19.3 Å². The zero-order valence-electron chi connectivity index (χ0n) is 45.0. The van der Waals surface area contributed by atoms with Crippen molar-refractivity contribution in [1.82, 2.24) is 45.6 Å². The van der Waals surface area contributed by atoms with Gasteiger partial charge in [-0.25, -0.2) is 18.4 Å². The molecule has 2 aliphatic heterocycles. The van der Waals surface area contributed by atoms with E-state index in [4.69, 9.17) is 45.0 Å². The molecule has 3 aromatic heterocycles. The van der Waals surface area contributed by atoms with Gasteiger partial charge >= 0.3 is 0 Å². The fourth-order valence-electron chi connectivity index (χ4n) is 9.02. The van der Waals surface area contributed by atoms with Gasteiger partial charge in [0.2, 0.25) is 23.6 Å². The summed E-state index contributed by atoms with van der Waals surface area (Å²) >= 11 is 7.78. The maximum Gasteiger partial charge on any atom is 0.263 e. The number of nitrogens with zero attached hydrogens (tertiary/aromatic N) is 6. The molecule has 2 aliphatic rings. The molecule has 0 aliphatic carbocycles. The van der Waals surface area contributed by atoms with Crippen molar-refractivity contribution in [3.05, 3.63) is 94.2 Å². The minimum atomic E-state index is -4.03. The zero-order valence-corrected chi connectivity index (χ0v) is 47.3. The van der Waals surface area contributed by atoms with E-state index in [0.717, 1.165) is 33.9 Å². The smallest absolute Gasteiger partial charge is 0.263 e. The van der Waals surface area contributed by atoms with E-state index in [1.165, 1.54) is 24.1 Å². The molecule has 4 atom stereocenters. The monoisotopic (exact) mass is 1150 g/mol. The second-order valence-electron chi connectivity index (χ2n) is 20.2. The first-order valence-corrected chi connectivity index (χ1v) is 28.6. The number of benzene rings is 3. The molecule has 2 saturated heterocycles. The van der Waals surface area contributed by atoms with Crippen molar-refractivity contribution in [2.75, 3.05) is 90.9 Å². The number of aromatic nitrogens is 5. The molecule has 424 valence electrons. The Morgan fingerprint density at radius 1 is 0.949 bits per heavy atom. The number of rotatable bonds is 25. The van der Waals surface area contributed by atoms with Crippen LogP contribution >= 0.6 is 22.9 Å². The number of halogens is 1. The summed E-state index contributed by atoms with van der Waals surface area (Å²) in [7, 11) is -2.59. The van der Waals surface area contributed by atoms with Gasteiger partial charge in [0.25, 0.3) is 10.0 Å². The van der Waals surface area contributed by atoms with Gasteiger partial charge in [0.05, 0.1) is 74.0 Å². The molecule has 25 heteroatoms. The first-order chi connectivity index (χ1) is 37.9. The molecule has 79 heavy (non-hydrogen) atoms. The van der Waals surface area contributed by atoms with E-state index in [0.29, 0.717) is 79.3 Å². The fourth-order valence-corrected chi connectivity index (χ4v) is 11.4. The maximum absolute atomic E-state index is 14.0. The van der Waals surface area contributed by atoms with E-state index in [1.54, 1.807) is 47.2 Å². The largest absolute Gasteiger partial charge is 0.497 e. The average Bonchev–Trinajstić information content (AvgIpc) is 4.29. The van der Waals surface area contributed by atoms with Crippen LogP contribution in [0.15, 0.2) is 77.1 Å². The van der Waals surface area contributed by atoms with Gasteiger partial charge in [-0.3, -0.25) is 29.1 Å². The van der Waals surface area contributed by atoms with Gasteiger partial charge in [-0.15, -0.1) is 11.3 Å². The van der Waals surface area contributed by atoms with Crippen LogP contribution in [0.4, 0.5) is 5.69 Å². The Balaban J connectivity index is 0.715. The van der Waals surface area contributed by atoms with Crippen molar-refractivity contribution < 1.29 is 56.3 Å². The van der Waals surface area contributed by atoms with Crippen LogP contribution in [0.2, 0.25) is 5.02 Å². The van der Waals surface area contributed by atoms with Crippen molar-refractivity contribution in [3.8, 4) is 33.5 Å². The SMILES string of the molecule is COc1ccc(Cl)c(S(=O)(=O)Nc2ccc(-c3nc(OCC4CN(CCOCCOCCOCC(=O)NC(C(=O)N5CC(O)CC5C(=O)NCc5ccc(-c6scnc6C)cc5)C(C)(C)C)CCO4)c4c(C)[nH]nc4n3)cc2)c1. The van der Waals surface area contributed by atoms with E-state index in [1.807, 2.05) is 58.9 Å². The van der Waals surface area contributed by atoms with Gasteiger partial charge in [0.15, 0.2) is 11.5 Å². The standard InChI is InChI=1S/C54H67ClN10O12S2/c1-33-46-50(62-61-33)59-49(37-11-13-38(14-12-37)63-79(70,71)44-26-40(72-6)15-16-42(44)55)60-52(46)77-30-41-29-64(18-20-76-41)17-19-73-21-22-74-23-24-75-31-45(67)58-48(54(3,4)5)53(69)65-28-39(66)25-43(65)51(68)56-27-35-7-9-36(10-8-35)47-34(2)57-32-78-47/h7-16,26,32,39,41,43,48,63,66H,17-25,27-31H2,1-6H3,(H,56,68)(H,58,67)(H,59,60,61,62). The van der Waals surface area contributed by atoms with Crippen LogP contribution in [-0.4, -0.2) is 177 Å². The number of thiazole rings is 1. The number of H-pyrrole nitrogens is 1. The first-order valence-electron chi connectivity index (χ1n) is 25.8. The zero-order chi connectivity index (χ0) is 56.3. The highest BCUT2D eigenvalue weighted by Crippen LogP contribution is 2.32. The van der Waals surface area contributed by atoms with Gasteiger partial charge in [0, 0.05) is 62.2 Å². The molecule has 22 nitrogen and oxygen atoms in total. The van der Waals surface area contributed by atoms with Crippen LogP contribution in [0.1, 0.15) is 44.1 Å². The number of hydrogen-bond donors (Lipinski definition) is 5. The van der Waals surface area contributed by atoms with Crippen LogP contribution in [-0.2, 0) is 49.9 Å². The Morgan fingerprint density at radius 2 is 1.67 bits per heavy atom. The van der Waals surface area contributed by atoms with Crippen molar-refractivity contribution in [3.63, 3.8) is 0 Å². The maximum atomic E-state index is 14.0. The molecular weight excluding hydrogens is 1080 g/mol. The lowest BCUT2D eigenvalue weighted by molar-refractivity contribution is -0.144. The van der Waals surface area contributed by atoms with Crippen LogP contribution in [0.25, 0.3) is 32.9 Å². The minimum absolute atomic E-state index is 0.0304. The third kappa shape index (κ3) is 15.5. The lowest BCUT2D eigenvalue weighted by Crippen LogP contribution is -2.58. The Hall–Kier alpha value is -6.35. The molecule has 6 aromatic rings. The number of likely N-dealkylation sites (tertiary alicyclic amines) is 1. The van der Waals surface area contributed by atoms with Crippen molar-refractivity contribution >= 4 is 67.4 Å². The molecule has 0 saturated carbocycles. The van der Waals surface area contributed by atoms with Gasteiger partial charge in [-0.05, 0) is 66.8 Å². The highest BCUT2D eigenvalue weighted by Gasteiger charge is 2.44. The lowest BCUT2D eigenvalue weighted by atomic mass is 9.85. The molecular formula is C54H67ClN10O12S2. The minimum Gasteiger partial charge on any atom is -0.497 e. The van der Waals surface area contributed by atoms with Crippen LogP contribution in [0.3, 0.4) is 0 Å². The number of aliphatic hydroxyl groups excluding tert-OH is 1. The van der Waals surface area contributed by atoms with Gasteiger partial charge in [0.1, 0.15) is 47.4 Å². The molecule has 2 fully saturated rings. The summed E-state index contributed by atoms with van der Waals surface area (Å²) in [6.45, 7) is 13.4. The number of fused-ring (bicyclic) bond motifs is 1. The quantitative estimate of drug-likeness (QED) is 0.0463. The number of carbonyl (C=O) groups excluding carboxylic acids is 3. The Labute approximate surface area is 467 Å². The number of carbonyl (C=O) groups is 3. The second-order valence-corrected chi connectivity index (χ2v) is 23.1. The van der Waals surface area contributed by atoms with Gasteiger partial charge in [-0.2, -0.15) is 10.1 Å². The average molecular weight is 1150 g/mol. The Morgan fingerprint density at radius 3 is 2.38 bits per heavy atom. The van der Waals surface area contributed by atoms with Crippen LogP contribution in [0.5, 0.6) is 11.6 Å². The Bertz CT molecular complexity index is 3160. The summed E-state index contributed by atoms with van der Waals surface area (Å²) in [5, 5.41) is 24.3. The number of methoxy groups -OCH3 is 1. The highest BCUT2D eigenvalue weighted by molar-refractivity contribution is 7.92. The van der Waals surface area contributed by atoms with E-state index in [-0.39, 0.29) is 67.9 Å². The summed E-state index contributed by atoms with van der Waals surface area (Å²) in [6, 6.07) is 16.9. The van der Waals surface area contributed by atoms with Crippen molar-refractivity contribution in [2.45, 2.75) is 76.8 Å². The second kappa shape index (κ2) is 26.7. The normalized spacial score (nSPS) is 17.4. The van der Waals surface area contributed by atoms with E-state index >= 15 is 0 Å². The summed E-state index contributed by atoms with van der Waals surface area (Å²) in [5.41, 5.74) is 6.02. The summed E-state index contributed by atoms with van der Waals surface area (Å²) in [6.07, 6.45) is -1.06. The van der Waals surface area contributed by atoms with E-state index in [2.05, 4.69) is 40.4 Å². The molecule has 5 heterocycles. The molecule has 0 spiro atoms. The number of hydrogen-bond acceptors (Lipinski definition) is 18. The number of aliphatic hydroxyl groups is 1. The lowest BCUT2D eigenvalue weighted by Gasteiger charge is -2.35. The number of anilines is 1. The first kappa shape index (κ1) is 58.8. The van der Waals surface area contributed by atoms with Crippen molar-refractivity contribution in [1.29, 1.82) is 0 Å². The van der Waals surface area contributed by atoms with Crippen molar-refractivity contribution in [2.24, 2.45) is 5.41 Å². The van der Waals surface area contributed by atoms with Crippen LogP contribution < -0.4 is 24.8 Å². The molecule has 3 aromatic carbocycles. The number of aromatic amines is 1. The fraction of sp³-hybridized carbons (Fsp3) is 0.463. The number of sulfonamides is 1. The molecule has 0 bridgehead atoms.